The number of nitrogens with zero attached hydrogens (tertiary/aromatic N) is 1. The molecule has 0 amide bonds. The molecule has 0 radical (unpaired) electrons. The number of hydrogen-bond donors (Lipinski definition) is 1. The summed E-state index contributed by atoms with van der Waals surface area (Å²) >= 11 is 1.14. The fraction of sp³-hybridized carbons (Fsp3) is 0.545. The van der Waals surface area contributed by atoms with Crippen molar-refractivity contribution in [3.63, 3.8) is 0 Å². The highest BCUT2D eigenvalue weighted by molar-refractivity contribution is 7.10. The minimum absolute atomic E-state index is 0.179. The van der Waals surface area contributed by atoms with E-state index < -0.39 is 5.97 Å². The fourth-order valence-electron chi connectivity index (χ4n) is 2.06. The van der Waals surface area contributed by atoms with E-state index in [1.807, 2.05) is 0 Å². The van der Waals surface area contributed by atoms with E-state index >= 15 is 0 Å². The SMILES string of the molecule is O=C(O)[C@@H]1CCCN(Cc2ccc(F)s2)C1. The van der Waals surface area contributed by atoms with Gasteiger partial charge >= 0.3 is 5.97 Å². The number of halogens is 1. The molecule has 1 aromatic heterocycles. The topological polar surface area (TPSA) is 40.5 Å². The maximum atomic E-state index is 12.8. The fourth-order valence-corrected chi connectivity index (χ4v) is 2.83. The summed E-state index contributed by atoms with van der Waals surface area (Å²) in [5.74, 6) is -0.986. The number of likely N-dealkylation sites (tertiary alicyclic amines) is 1. The van der Waals surface area contributed by atoms with Crippen LogP contribution in [0.2, 0.25) is 0 Å². The number of rotatable bonds is 3. The first-order valence-corrected chi connectivity index (χ1v) is 6.16. The van der Waals surface area contributed by atoms with Gasteiger partial charge in [-0.05, 0) is 31.5 Å². The van der Waals surface area contributed by atoms with Crippen molar-refractivity contribution in [3.8, 4) is 0 Å². The summed E-state index contributed by atoms with van der Waals surface area (Å²) < 4.78 is 12.8. The maximum absolute atomic E-state index is 12.8. The first-order chi connectivity index (χ1) is 7.65. The third kappa shape index (κ3) is 2.80. The quantitative estimate of drug-likeness (QED) is 0.884. The van der Waals surface area contributed by atoms with Crippen LogP contribution in [0.15, 0.2) is 12.1 Å². The van der Waals surface area contributed by atoms with Crippen molar-refractivity contribution in [3.05, 3.63) is 22.1 Å². The van der Waals surface area contributed by atoms with Crippen molar-refractivity contribution < 1.29 is 14.3 Å². The van der Waals surface area contributed by atoms with Crippen LogP contribution >= 0.6 is 11.3 Å². The van der Waals surface area contributed by atoms with Crippen LogP contribution in [0.5, 0.6) is 0 Å². The Labute approximate surface area is 97.5 Å². The minimum atomic E-state index is -0.720. The van der Waals surface area contributed by atoms with Crippen molar-refractivity contribution in [2.45, 2.75) is 19.4 Å². The Morgan fingerprint density at radius 3 is 3.06 bits per heavy atom. The Kier molecular flexibility index (Phi) is 3.56. The van der Waals surface area contributed by atoms with Crippen LogP contribution in [0.25, 0.3) is 0 Å². The third-order valence-corrected chi connectivity index (χ3v) is 3.72. The molecule has 1 fully saturated rings. The minimum Gasteiger partial charge on any atom is -0.481 e. The van der Waals surface area contributed by atoms with Gasteiger partial charge in [0.2, 0.25) is 0 Å². The molecular weight excluding hydrogens is 229 g/mol. The van der Waals surface area contributed by atoms with E-state index in [1.54, 1.807) is 6.07 Å². The molecule has 1 aliphatic rings. The first kappa shape index (κ1) is 11.5. The van der Waals surface area contributed by atoms with Gasteiger partial charge in [-0.15, -0.1) is 11.3 Å². The normalized spacial score (nSPS) is 22.2. The van der Waals surface area contributed by atoms with Gasteiger partial charge in [0.25, 0.3) is 0 Å². The highest BCUT2D eigenvalue weighted by Gasteiger charge is 2.25. The van der Waals surface area contributed by atoms with Crippen molar-refractivity contribution in [2.24, 2.45) is 5.92 Å². The highest BCUT2D eigenvalue weighted by atomic mass is 32.1. The molecule has 5 heteroatoms. The van der Waals surface area contributed by atoms with Crippen LogP contribution in [0, 0.1) is 11.0 Å². The average Bonchev–Trinajstić information content (AvgIpc) is 2.64. The molecule has 2 heterocycles. The Morgan fingerprint density at radius 2 is 2.44 bits per heavy atom. The lowest BCUT2D eigenvalue weighted by atomic mass is 9.98. The first-order valence-electron chi connectivity index (χ1n) is 5.34. The Balaban J connectivity index is 1.92. The largest absolute Gasteiger partial charge is 0.481 e. The average molecular weight is 243 g/mol. The second kappa shape index (κ2) is 4.93. The summed E-state index contributed by atoms with van der Waals surface area (Å²) in [7, 11) is 0. The van der Waals surface area contributed by atoms with Gasteiger partial charge in [0.15, 0.2) is 5.13 Å². The molecule has 16 heavy (non-hydrogen) atoms. The zero-order valence-electron chi connectivity index (χ0n) is 8.86. The lowest BCUT2D eigenvalue weighted by molar-refractivity contribution is -0.143. The van der Waals surface area contributed by atoms with E-state index in [2.05, 4.69) is 4.90 Å². The molecule has 0 aliphatic carbocycles. The summed E-state index contributed by atoms with van der Waals surface area (Å²) in [5, 5.41) is 8.76. The molecule has 3 nitrogen and oxygen atoms in total. The van der Waals surface area contributed by atoms with E-state index in [0.717, 1.165) is 35.6 Å². The molecule has 1 N–H and O–H groups in total. The number of piperidine rings is 1. The number of hydrogen-bond acceptors (Lipinski definition) is 3. The van der Waals surface area contributed by atoms with E-state index in [-0.39, 0.29) is 11.0 Å². The van der Waals surface area contributed by atoms with E-state index in [0.29, 0.717) is 13.1 Å². The van der Waals surface area contributed by atoms with Crippen LogP contribution in [0.1, 0.15) is 17.7 Å². The monoisotopic (exact) mass is 243 g/mol. The summed E-state index contributed by atoms with van der Waals surface area (Å²) in [6, 6.07) is 3.23. The standard InChI is InChI=1S/C11H14FNO2S/c12-10-4-3-9(16-10)7-13-5-1-2-8(6-13)11(14)15/h3-4,8H,1-2,5-7H2,(H,14,15)/t8-/m1/s1. The molecule has 0 aromatic carbocycles. The van der Waals surface area contributed by atoms with Gasteiger partial charge in [-0.25, -0.2) is 0 Å². The predicted octanol–water partition coefficient (Wildman–Crippen LogP) is 2.18. The van der Waals surface area contributed by atoms with Gasteiger partial charge in [-0.2, -0.15) is 4.39 Å². The summed E-state index contributed by atoms with van der Waals surface area (Å²) in [4.78, 5) is 13.9. The van der Waals surface area contributed by atoms with Gasteiger partial charge in [0.05, 0.1) is 5.92 Å². The Morgan fingerprint density at radius 1 is 1.62 bits per heavy atom. The van der Waals surface area contributed by atoms with Crippen molar-refractivity contribution in [1.82, 2.24) is 4.90 Å². The molecule has 1 atom stereocenters. The molecule has 2 rings (SSSR count). The molecule has 0 saturated carbocycles. The predicted molar refractivity (Wildman–Crippen MR) is 59.9 cm³/mol. The van der Waals surface area contributed by atoms with E-state index in [4.69, 9.17) is 5.11 Å². The zero-order chi connectivity index (χ0) is 11.5. The summed E-state index contributed by atoms with van der Waals surface area (Å²) in [5.41, 5.74) is 0. The lowest BCUT2D eigenvalue weighted by Gasteiger charge is -2.30. The number of thiophene rings is 1. The smallest absolute Gasteiger partial charge is 0.307 e. The Bertz CT molecular complexity index is 380. The molecule has 1 aliphatic heterocycles. The highest BCUT2D eigenvalue weighted by Crippen LogP contribution is 2.21. The second-order valence-electron chi connectivity index (χ2n) is 4.12. The van der Waals surface area contributed by atoms with Crippen LogP contribution in [0.4, 0.5) is 4.39 Å². The van der Waals surface area contributed by atoms with Gasteiger partial charge in [0.1, 0.15) is 0 Å². The van der Waals surface area contributed by atoms with Crippen LogP contribution in [0.3, 0.4) is 0 Å². The summed E-state index contributed by atoms with van der Waals surface area (Å²) in [6.45, 7) is 2.15. The molecule has 88 valence electrons. The van der Waals surface area contributed by atoms with Gasteiger partial charge in [-0.3, -0.25) is 9.69 Å². The number of carboxylic acids is 1. The molecular formula is C11H14FNO2S. The van der Waals surface area contributed by atoms with Gasteiger partial charge in [-0.1, -0.05) is 0 Å². The number of carboxylic acid groups (broad SMARTS) is 1. The Hall–Kier alpha value is -0.940. The summed E-state index contributed by atoms with van der Waals surface area (Å²) in [6.07, 6.45) is 1.66. The molecule has 1 saturated heterocycles. The molecule has 0 spiro atoms. The van der Waals surface area contributed by atoms with Gasteiger partial charge < -0.3 is 5.11 Å². The number of carbonyl (C=O) groups is 1. The van der Waals surface area contributed by atoms with Crippen LogP contribution in [-0.4, -0.2) is 29.1 Å². The van der Waals surface area contributed by atoms with Crippen LogP contribution in [-0.2, 0) is 11.3 Å². The zero-order valence-corrected chi connectivity index (χ0v) is 9.67. The number of aliphatic carboxylic acids is 1. The van der Waals surface area contributed by atoms with E-state index in [1.165, 1.54) is 6.07 Å². The molecule has 0 bridgehead atoms. The van der Waals surface area contributed by atoms with Crippen molar-refractivity contribution in [2.75, 3.05) is 13.1 Å². The van der Waals surface area contributed by atoms with Gasteiger partial charge in [0, 0.05) is 18.0 Å². The molecule has 1 aromatic rings. The van der Waals surface area contributed by atoms with Crippen molar-refractivity contribution >= 4 is 17.3 Å². The van der Waals surface area contributed by atoms with Crippen LogP contribution < -0.4 is 0 Å². The second-order valence-corrected chi connectivity index (χ2v) is 5.24. The maximum Gasteiger partial charge on any atom is 0.307 e. The third-order valence-electron chi connectivity index (χ3n) is 2.86. The lowest BCUT2D eigenvalue weighted by Crippen LogP contribution is -2.37. The van der Waals surface area contributed by atoms with Crippen molar-refractivity contribution in [1.29, 1.82) is 0 Å². The van der Waals surface area contributed by atoms with E-state index in [9.17, 15) is 9.18 Å². The molecule has 0 unspecified atom stereocenters.